The minimum Gasteiger partial charge on any atom is -0.337 e. The van der Waals surface area contributed by atoms with Gasteiger partial charge < -0.3 is 15.5 Å². The first kappa shape index (κ1) is 26.1. The molecule has 2 amide bonds. The average molecular weight is 492 g/mol. The summed E-state index contributed by atoms with van der Waals surface area (Å²) in [6, 6.07) is 9.90. The van der Waals surface area contributed by atoms with E-state index < -0.39 is 10.0 Å². The number of amides is 2. The largest absolute Gasteiger partial charge is 0.337 e. The van der Waals surface area contributed by atoms with Gasteiger partial charge in [0.05, 0.1) is 11.6 Å². The number of anilines is 1. The number of urea groups is 1. The van der Waals surface area contributed by atoms with Crippen molar-refractivity contribution in [3.63, 3.8) is 0 Å². The van der Waals surface area contributed by atoms with E-state index in [9.17, 15) is 17.6 Å². The quantitative estimate of drug-likeness (QED) is 0.474. The van der Waals surface area contributed by atoms with Crippen LogP contribution in [0.5, 0.6) is 0 Å². The van der Waals surface area contributed by atoms with Crippen LogP contribution in [0.4, 0.5) is 14.9 Å². The summed E-state index contributed by atoms with van der Waals surface area (Å²) >= 11 is 0. The maximum Gasteiger partial charge on any atom is 0.319 e. The Morgan fingerprint density at radius 2 is 1.76 bits per heavy atom. The van der Waals surface area contributed by atoms with Gasteiger partial charge >= 0.3 is 6.03 Å². The van der Waals surface area contributed by atoms with E-state index in [-0.39, 0.29) is 23.6 Å². The second-order valence-electron chi connectivity index (χ2n) is 8.69. The fourth-order valence-electron chi connectivity index (χ4n) is 4.08. The number of halogens is 1. The number of nitrogens with zero attached hydrogens (tertiary/aromatic N) is 2. The Hall–Kier alpha value is -2.56. The summed E-state index contributed by atoms with van der Waals surface area (Å²) in [5, 5.41) is 5.68. The van der Waals surface area contributed by atoms with Crippen molar-refractivity contribution in [1.82, 2.24) is 19.9 Å². The second-order valence-corrected chi connectivity index (χ2v) is 10.4. The molecule has 1 aliphatic rings. The first-order valence-electron chi connectivity index (χ1n) is 11.6. The van der Waals surface area contributed by atoms with Gasteiger partial charge in [0.1, 0.15) is 0 Å². The molecule has 1 aromatic carbocycles. The van der Waals surface area contributed by atoms with Crippen molar-refractivity contribution < 1.29 is 17.6 Å². The zero-order chi connectivity index (χ0) is 24.6. The Morgan fingerprint density at radius 3 is 2.38 bits per heavy atom. The molecule has 0 saturated carbocycles. The average Bonchev–Trinajstić information content (AvgIpc) is 2.78. The van der Waals surface area contributed by atoms with Crippen LogP contribution in [0.2, 0.25) is 0 Å². The van der Waals surface area contributed by atoms with Gasteiger partial charge in [-0.05, 0) is 82.4 Å². The molecule has 34 heavy (non-hydrogen) atoms. The minimum atomic E-state index is -3.59. The van der Waals surface area contributed by atoms with E-state index in [1.165, 1.54) is 0 Å². The zero-order valence-corrected chi connectivity index (χ0v) is 20.6. The van der Waals surface area contributed by atoms with Gasteiger partial charge in [-0.25, -0.2) is 17.9 Å². The molecule has 0 aliphatic carbocycles. The molecule has 8 nitrogen and oxygen atoms in total. The summed E-state index contributed by atoms with van der Waals surface area (Å²) in [6.07, 6.45) is 2.45. The standard InChI is InChI=1S/C24H34FN5O3S/c1-18-16-22(17-19(2)27-18)28-24(31)26-12-15-30-13-9-21(10-14-30)29-34(32,33)23-7-5-20(6-8-23)4-3-11-25/h5-8,16-17,21,29H,3-4,9-15H2,1-2H3,(H2,26,27,28,31). The van der Waals surface area contributed by atoms with E-state index in [1.807, 2.05) is 26.0 Å². The lowest BCUT2D eigenvalue weighted by Gasteiger charge is -2.32. The maximum atomic E-state index is 12.7. The third-order valence-corrected chi connectivity index (χ3v) is 7.33. The van der Waals surface area contributed by atoms with Crippen LogP contribution in [-0.4, -0.2) is 63.2 Å². The molecule has 0 atom stereocenters. The van der Waals surface area contributed by atoms with Crippen molar-refractivity contribution in [1.29, 1.82) is 0 Å². The number of hydrogen-bond acceptors (Lipinski definition) is 5. The molecule has 2 aromatic rings. The highest BCUT2D eigenvalue weighted by Crippen LogP contribution is 2.16. The van der Waals surface area contributed by atoms with E-state index in [0.29, 0.717) is 44.5 Å². The number of carbonyl (C=O) groups is 1. The molecule has 0 radical (unpaired) electrons. The summed E-state index contributed by atoms with van der Waals surface area (Å²) < 4.78 is 40.5. The normalized spacial score (nSPS) is 15.3. The Kier molecular flexibility index (Phi) is 9.37. The van der Waals surface area contributed by atoms with Gasteiger partial charge in [-0.1, -0.05) is 12.1 Å². The van der Waals surface area contributed by atoms with Crippen molar-refractivity contribution >= 4 is 21.7 Å². The number of hydrogen-bond donors (Lipinski definition) is 3. The number of likely N-dealkylation sites (tertiary alicyclic amines) is 1. The van der Waals surface area contributed by atoms with Gasteiger partial charge in [0.15, 0.2) is 0 Å². The number of rotatable bonds is 10. The van der Waals surface area contributed by atoms with Gasteiger partial charge in [-0.15, -0.1) is 0 Å². The Labute approximate surface area is 201 Å². The first-order valence-corrected chi connectivity index (χ1v) is 13.1. The van der Waals surface area contributed by atoms with Crippen molar-refractivity contribution in [2.45, 2.75) is 50.5 Å². The molecule has 0 unspecified atom stereocenters. The molecule has 10 heteroatoms. The summed E-state index contributed by atoms with van der Waals surface area (Å²) in [7, 11) is -3.59. The number of alkyl halides is 1. The third-order valence-electron chi connectivity index (χ3n) is 5.80. The Balaban J connectivity index is 1.38. The van der Waals surface area contributed by atoms with Crippen LogP contribution in [0, 0.1) is 13.8 Å². The highest BCUT2D eigenvalue weighted by molar-refractivity contribution is 7.89. The number of carbonyl (C=O) groups excluding carboxylic acids is 1. The number of aromatic nitrogens is 1. The molecule has 186 valence electrons. The van der Waals surface area contributed by atoms with Crippen LogP contribution in [0.1, 0.15) is 36.2 Å². The fourth-order valence-corrected chi connectivity index (χ4v) is 5.38. The number of pyridine rings is 1. The first-order chi connectivity index (χ1) is 16.2. The molecule has 2 heterocycles. The van der Waals surface area contributed by atoms with Gasteiger partial charge in [0.25, 0.3) is 0 Å². The molecule has 3 rings (SSSR count). The summed E-state index contributed by atoms with van der Waals surface area (Å²) in [5.41, 5.74) is 3.34. The predicted molar refractivity (Wildman–Crippen MR) is 131 cm³/mol. The Bertz CT molecular complexity index is 1030. The lowest BCUT2D eigenvalue weighted by atomic mass is 10.1. The summed E-state index contributed by atoms with van der Waals surface area (Å²) in [6.45, 7) is 6.08. The number of piperidine rings is 1. The predicted octanol–water partition coefficient (Wildman–Crippen LogP) is 3.16. The molecule has 1 fully saturated rings. The van der Waals surface area contributed by atoms with E-state index in [0.717, 1.165) is 30.0 Å². The topological polar surface area (TPSA) is 103 Å². The monoisotopic (exact) mass is 491 g/mol. The number of benzene rings is 1. The van der Waals surface area contributed by atoms with E-state index >= 15 is 0 Å². The minimum absolute atomic E-state index is 0.123. The van der Waals surface area contributed by atoms with Crippen LogP contribution in [0.25, 0.3) is 0 Å². The van der Waals surface area contributed by atoms with Crippen LogP contribution >= 0.6 is 0 Å². The summed E-state index contributed by atoms with van der Waals surface area (Å²) in [4.78, 5) is 18.9. The highest BCUT2D eigenvalue weighted by Gasteiger charge is 2.24. The van der Waals surface area contributed by atoms with Crippen LogP contribution in [0.3, 0.4) is 0 Å². The molecular weight excluding hydrogens is 457 g/mol. The fraction of sp³-hybridized carbons (Fsp3) is 0.500. The van der Waals surface area contributed by atoms with Crippen LogP contribution in [-0.2, 0) is 16.4 Å². The van der Waals surface area contributed by atoms with Crippen LogP contribution in [0.15, 0.2) is 41.3 Å². The number of aryl methyl sites for hydroxylation is 3. The van der Waals surface area contributed by atoms with Gasteiger partial charge in [-0.3, -0.25) is 9.37 Å². The van der Waals surface area contributed by atoms with Crippen LogP contribution < -0.4 is 15.4 Å². The second kappa shape index (κ2) is 12.2. The molecule has 0 bridgehead atoms. The summed E-state index contributed by atoms with van der Waals surface area (Å²) in [5.74, 6) is 0. The zero-order valence-electron chi connectivity index (χ0n) is 19.8. The van der Waals surface area contributed by atoms with Gasteiger partial charge in [-0.2, -0.15) is 0 Å². The number of nitrogens with one attached hydrogen (secondary N) is 3. The maximum absolute atomic E-state index is 12.7. The smallest absolute Gasteiger partial charge is 0.319 e. The van der Waals surface area contributed by atoms with Crippen molar-refractivity contribution in [3.05, 3.63) is 53.3 Å². The van der Waals surface area contributed by atoms with E-state index in [2.05, 4.69) is 25.2 Å². The molecule has 0 spiro atoms. The molecular formula is C24H34FN5O3S. The lowest BCUT2D eigenvalue weighted by Crippen LogP contribution is -2.46. The van der Waals surface area contributed by atoms with Crippen molar-refractivity contribution in [2.24, 2.45) is 0 Å². The van der Waals surface area contributed by atoms with Crippen molar-refractivity contribution in [2.75, 3.05) is 38.2 Å². The third kappa shape index (κ3) is 8.03. The number of sulfonamides is 1. The molecule has 3 N–H and O–H groups in total. The molecule has 1 aromatic heterocycles. The van der Waals surface area contributed by atoms with Gasteiger partial charge in [0.2, 0.25) is 10.0 Å². The molecule has 1 saturated heterocycles. The molecule has 1 aliphatic heterocycles. The highest BCUT2D eigenvalue weighted by atomic mass is 32.2. The van der Waals surface area contributed by atoms with Crippen molar-refractivity contribution in [3.8, 4) is 0 Å². The lowest BCUT2D eigenvalue weighted by molar-refractivity contribution is 0.206. The van der Waals surface area contributed by atoms with E-state index in [4.69, 9.17) is 0 Å². The van der Waals surface area contributed by atoms with E-state index in [1.54, 1.807) is 24.3 Å². The Morgan fingerprint density at radius 1 is 1.12 bits per heavy atom. The SMILES string of the molecule is Cc1cc(NC(=O)NCCN2CCC(NS(=O)(=O)c3ccc(CCCF)cc3)CC2)cc(C)n1. The van der Waals surface area contributed by atoms with Gasteiger partial charge in [0, 0.05) is 36.2 Å².